The molecule has 0 aliphatic heterocycles. The first-order valence-electron chi connectivity index (χ1n) is 5.28. The number of hydrogen-bond donors (Lipinski definition) is 0. The molecule has 0 atom stereocenters. The summed E-state index contributed by atoms with van der Waals surface area (Å²) in [4.78, 5) is 0. The van der Waals surface area contributed by atoms with E-state index in [0.717, 1.165) is 23.7 Å². The quantitative estimate of drug-likeness (QED) is 0.515. The molecule has 0 saturated carbocycles. The molecule has 2 heteroatoms. The van der Waals surface area contributed by atoms with E-state index in [1.54, 1.807) is 0 Å². The molecule has 0 spiro atoms. The van der Waals surface area contributed by atoms with Crippen molar-refractivity contribution >= 4 is 15.9 Å². The normalized spacial score (nSPS) is 13.9. The van der Waals surface area contributed by atoms with Gasteiger partial charge >= 0.3 is 0 Å². The van der Waals surface area contributed by atoms with Crippen molar-refractivity contribution < 1.29 is 0 Å². The minimum Gasteiger partial charge on any atom is -0.192 e. The highest BCUT2D eigenvalue weighted by atomic mass is 79.9. The van der Waals surface area contributed by atoms with Gasteiger partial charge in [-0.05, 0) is 31.9 Å². The van der Waals surface area contributed by atoms with E-state index in [2.05, 4.69) is 42.8 Å². The summed E-state index contributed by atoms with van der Waals surface area (Å²) in [6.45, 7) is 6.27. The summed E-state index contributed by atoms with van der Waals surface area (Å²) < 4.78 is 0.974. The van der Waals surface area contributed by atoms with Crippen LogP contribution in [0.4, 0.5) is 0 Å². The van der Waals surface area contributed by atoms with E-state index in [0.29, 0.717) is 5.57 Å². The van der Waals surface area contributed by atoms with Gasteiger partial charge in [-0.15, -0.1) is 0 Å². The lowest BCUT2D eigenvalue weighted by atomic mass is 10.1. The van der Waals surface area contributed by atoms with Crippen LogP contribution < -0.4 is 0 Å². The van der Waals surface area contributed by atoms with Gasteiger partial charge in [0, 0.05) is 4.48 Å². The maximum atomic E-state index is 8.95. The maximum Gasteiger partial charge on any atom is 0.0991 e. The van der Waals surface area contributed by atoms with Gasteiger partial charge in [0.2, 0.25) is 0 Å². The molecule has 15 heavy (non-hydrogen) atoms. The molecule has 82 valence electrons. The minimum absolute atomic E-state index is 0.706. The first-order valence-corrected chi connectivity index (χ1v) is 6.07. The predicted octanol–water partition coefficient (Wildman–Crippen LogP) is 4.87. The molecule has 0 saturated heterocycles. The Morgan fingerprint density at radius 3 is 2.47 bits per heavy atom. The Morgan fingerprint density at radius 2 is 2.00 bits per heavy atom. The van der Waals surface area contributed by atoms with Gasteiger partial charge in [-0.25, -0.2) is 0 Å². The minimum atomic E-state index is 0.706. The average molecular weight is 268 g/mol. The second-order valence-corrected chi connectivity index (χ2v) is 4.37. The largest absolute Gasteiger partial charge is 0.192 e. The third kappa shape index (κ3) is 7.16. The van der Waals surface area contributed by atoms with E-state index in [1.165, 1.54) is 5.57 Å². The van der Waals surface area contributed by atoms with Gasteiger partial charge in [0.15, 0.2) is 0 Å². The zero-order chi connectivity index (χ0) is 11.7. The molecule has 0 aromatic carbocycles. The lowest BCUT2D eigenvalue weighted by Gasteiger charge is -1.97. The second-order valence-electron chi connectivity index (χ2n) is 3.45. The Morgan fingerprint density at radius 1 is 1.33 bits per heavy atom. The standard InChI is InChI=1S/C13H18BrN/c1-4-6-11(3)8-12(10-15)9-13(14)7-5-2/h7-9H,4-6H2,1-3H3/b11-8+,12-9+,13-7-. The summed E-state index contributed by atoms with van der Waals surface area (Å²) in [5.74, 6) is 0. The molecule has 0 N–H and O–H groups in total. The second kappa shape index (κ2) is 8.49. The Labute approximate surface area is 101 Å². The SMILES string of the molecule is CC/C=C(Br)/C=C(C#N)\C=C(/C)CCC. The third-order valence-electron chi connectivity index (χ3n) is 1.87. The third-order valence-corrected chi connectivity index (χ3v) is 2.42. The number of hydrogen-bond acceptors (Lipinski definition) is 1. The monoisotopic (exact) mass is 267 g/mol. The van der Waals surface area contributed by atoms with Gasteiger partial charge in [-0.3, -0.25) is 0 Å². The number of halogens is 1. The van der Waals surface area contributed by atoms with Crippen molar-refractivity contribution in [1.82, 2.24) is 0 Å². The van der Waals surface area contributed by atoms with Crippen molar-refractivity contribution in [2.45, 2.75) is 40.0 Å². The molecule has 0 aliphatic rings. The molecule has 0 aromatic rings. The summed E-state index contributed by atoms with van der Waals surface area (Å²) in [6, 6.07) is 2.19. The van der Waals surface area contributed by atoms with E-state index >= 15 is 0 Å². The van der Waals surface area contributed by atoms with Crippen LogP contribution in [-0.4, -0.2) is 0 Å². The van der Waals surface area contributed by atoms with Gasteiger partial charge < -0.3 is 0 Å². The topological polar surface area (TPSA) is 23.8 Å². The van der Waals surface area contributed by atoms with Crippen LogP contribution in [0.3, 0.4) is 0 Å². The number of nitrogens with zero attached hydrogens (tertiary/aromatic N) is 1. The molecule has 0 heterocycles. The Bertz CT molecular complexity index is 316. The highest BCUT2D eigenvalue weighted by molar-refractivity contribution is 9.11. The van der Waals surface area contributed by atoms with Crippen molar-refractivity contribution in [2.75, 3.05) is 0 Å². The molecule has 0 aromatic heterocycles. The smallest absolute Gasteiger partial charge is 0.0991 e. The summed E-state index contributed by atoms with van der Waals surface area (Å²) in [7, 11) is 0. The van der Waals surface area contributed by atoms with E-state index in [1.807, 2.05) is 18.2 Å². The van der Waals surface area contributed by atoms with E-state index in [-0.39, 0.29) is 0 Å². The summed E-state index contributed by atoms with van der Waals surface area (Å²) in [6.07, 6.45) is 8.99. The molecule has 0 aliphatic carbocycles. The van der Waals surface area contributed by atoms with Crippen LogP contribution in [0.15, 0.2) is 33.9 Å². The van der Waals surface area contributed by atoms with Crippen LogP contribution in [-0.2, 0) is 0 Å². The zero-order valence-corrected chi connectivity index (χ0v) is 11.3. The summed E-state index contributed by atoms with van der Waals surface area (Å²) in [5.41, 5.74) is 1.96. The Hall–Kier alpha value is -0.810. The van der Waals surface area contributed by atoms with E-state index in [9.17, 15) is 0 Å². The summed E-state index contributed by atoms with van der Waals surface area (Å²) >= 11 is 3.41. The highest BCUT2D eigenvalue weighted by Crippen LogP contribution is 2.14. The molecular formula is C13H18BrN. The van der Waals surface area contributed by atoms with Crippen LogP contribution in [0.2, 0.25) is 0 Å². The number of nitriles is 1. The van der Waals surface area contributed by atoms with Crippen molar-refractivity contribution in [2.24, 2.45) is 0 Å². The van der Waals surface area contributed by atoms with Crippen molar-refractivity contribution in [3.8, 4) is 6.07 Å². The fourth-order valence-electron chi connectivity index (χ4n) is 1.24. The number of allylic oxidation sites excluding steroid dienone is 6. The average Bonchev–Trinajstić information content (AvgIpc) is 2.17. The zero-order valence-electron chi connectivity index (χ0n) is 9.68. The molecular weight excluding hydrogens is 250 g/mol. The molecule has 0 fully saturated rings. The van der Waals surface area contributed by atoms with Crippen LogP contribution >= 0.6 is 15.9 Å². The summed E-state index contributed by atoms with van der Waals surface area (Å²) in [5, 5.41) is 8.95. The first-order chi connectivity index (χ1) is 7.13. The van der Waals surface area contributed by atoms with Gasteiger partial charge in [0.05, 0.1) is 11.6 Å². The first kappa shape index (κ1) is 14.2. The van der Waals surface area contributed by atoms with E-state index < -0.39 is 0 Å². The molecule has 0 unspecified atom stereocenters. The van der Waals surface area contributed by atoms with Gasteiger partial charge in [-0.2, -0.15) is 5.26 Å². The van der Waals surface area contributed by atoms with Gasteiger partial charge in [0.25, 0.3) is 0 Å². The van der Waals surface area contributed by atoms with Crippen molar-refractivity contribution in [3.63, 3.8) is 0 Å². The molecule has 0 rings (SSSR count). The predicted molar refractivity (Wildman–Crippen MR) is 69.7 cm³/mol. The van der Waals surface area contributed by atoms with Gasteiger partial charge in [0.1, 0.15) is 0 Å². The molecule has 0 amide bonds. The fraction of sp³-hybridized carbons (Fsp3) is 0.462. The molecule has 0 bridgehead atoms. The van der Waals surface area contributed by atoms with Crippen molar-refractivity contribution in [1.29, 1.82) is 5.26 Å². The van der Waals surface area contributed by atoms with Crippen molar-refractivity contribution in [3.05, 3.63) is 33.9 Å². The van der Waals surface area contributed by atoms with E-state index in [4.69, 9.17) is 5.26 Å². The molecule has 1 nitrogen and oxygen atoms in total. The Kier molecular flexibility index (Phi) is 8.04. The Balaban J connectivity index is 4.72. The fourth-order valence-corrected chi connectivity index (χ4v) is 1.81. The highest BCUT2D eigenvalue weighted by Gasteiger charge is 1.94. The lowest BCUT2D eigenvalue weighted by molar-refractivity contribution is 0.905. The van der Waals surface area contributed by atoms with Gasteiger partial charge in [-0.1, -0.05) is 47.8 Å². The van der Waals surface area contributed by atoms with Crippen LogP contribution in [0.1, 0.15) is 40.0 Å². The maximum absolute atomic E-state index is 8.95. The number of rotatable bonds is 5. The lowest BCUT2D eigenvalue weighted by Crippen LogP contribution is -1.79. The molecule has 0 radical (unpaired) electrons. The van der Waals surface area contributed by atoms with Crippen LogP contribution in [0, 0.1) is 11.3 Å². The van der Waals surface area contributed by atoms with Crippen LogP contribution in [0.5, 0.6) is 0 Å². The van der Waals surface area contributed by atoms with Crippen LogP contribution in [0.25, 0.3) is 0 Å².